The summed E-state index contributed by atoms with van der Waals surface area (Å²) in [5.41, 5.74) is 7.64. The highest BCUT2D eigenvalue weighted by Crippen LogP contribution is 2.24. The summed E-state index contributed by atoms with van der Waals surface area (Å²) in [4.78, 5) is 13.0. The first-order valence-corrected chi connectivity index (χ1v) is 7.17. The molecule has 3 N–H and O–H groups in total. The quantitative estimate of drug-likeness (QED) is 0.692. The number of nitrogens with zero attached hydrogens (tertiary/aromatic N) is 1. The van der Waals surface area contributed by atoms with Gasteiger partial charge in [0.25, 0.3) is 0 Å². The molecule has 1 aliphatic heterocycles. The molecule has 0 saturated carbocycles. The first-order valence-electron chi connectivity index (χ1n) is 7.17. The van der Waals surface area contributed by atoms with Crippen LogP contribution in [0.4, 0.5) is 5.69 Å². The molecule has 0 atom stereocenters. The summed E-state index contributed by atoms with van der Waals surface area (Å²) in [5.74, 6) is -0.427. The van der Waals surface area contributed by atoms with Crippen LogP contribution in [0, 0.1) is 0 Å². The number of benzene rings is 1. The van der Waals surface area contributed by atoms with E-state index in [0.717, 1.165) is 19.6 Å². The standard InChI is InChI=1S/C15H23N3O2/c16-15(19)12-20-10-7-17-11-13-5-1-2-6-14(13)18-8-3-4-9-18/h1-2,5-6,17H,3-4,7-12H2,(H2,16,19). The first-order chi connectivity index (χ1) is 9.77. The highest BCUT2D eigenvalue weighted by molar-refractivity contribution is 5.74. The van der Waals surface area contributed by atoms with Crippen LogP contribution in [0.25, 0.3) is 0 Å². The zero-order valence-electron chi connectivity index (χ0n) is 11.8. The second-order valence-corrected chi connectivity index (χ2v) is 5.02. The lowest BCUT2D eigenvalue weighted by Crippen LogP contribution is -2.25. The number of carbonyl (C=O) groups excluding carboxylic acids is 1. The molecule has 0 radical (unpaired) electrons. The molecule has 1 aliphatic rings. The monoisotopic (exact) mass is 277 g/mol. The van der Waals surface area contributed by atoms with Crippen LogP contribution in [0.5, 0.6) is 0 Å². The molecule has 1 amide bonds. The number of rotatable bonds is 8. The van der Waals surface area contributed by atoms with Crippen molar-refractivity contribution in [1.29, 1.82) is 0 Å². The van der Waals surface area contributed by atoms with Crippen LogP contribution >= 0.6 is 0 Å². The summed E-state index contributed by atoms with van der Waals surface area (Å²) in [7, 11) is 0. The lowest BCUT2D eigenvalue weighted by atomic mass is 10.1. The van der Waals surface area contributed by atoms with E-state index < -0.39 is 5.91 Å². The molecular weight excluding hydrogens is 254 g/mol. The fourth-order valence-electron chi connectivity index (χ4n) is 2.47. The molecule has 0 unspecified atom stereocenters. The Balaban J connectivity index is 1.76. The molecule has 1 fully saturated rings. The fourth-order valence-corrected chi connectivity index (χ4v) is 2.47. The van der Waals surface area contributed by atoms with E-state index in [0.29, 0.717) is 13.2 Å². The lowest BCUT2D eigenvalue weighted by molar-refractivity contribution is -0.122. The third-order valence-electron chi connectivity index (χ3n) is 3.42. The largest absolute Gasteiger partial charge is 0.371 e. The van der Waals surface area contributed by atoms with Crippen LogP contribution in [0.15, 0.2) is 24.3 Å². The van der Waals surface area contributed by atoms with Gasteiger partial charge in [-0.25, -0.2) is 0 Å². The molecule has 5 nitrogen and oxygen atoms in total. The molecule has 2 rings (SSSR count). The van der Waals surface area contributed by atoms with Gasteiger partial charge in [-0.05, 0) is 24.5 Å². The first kappa shape index (κ1) is 14.8. The SMILES string of the molecule is NC(=O)COCCNCc1ccccc1N1CCCC1. The van der Waals surface area contributed by atoms with Crippen molar-refractivity contribution in [1.82, 2.24) is 5.32 Å². The number of primary amides is 1. The van der Waals surface area contributed by atoms with E-state index in [1.165, 1.54) is 24.1 Å². The minimum Gasteiger partial charge on any atom is -0.371 e. The Morgan fingerprint density at radius 3 is 2.80 bits per heavy atom. The van der Waals surface area contributed by atoms with Crippen molar-refractivity contribution in [3.63, 3.8) is 0 Å². The second kappa shape index (κ2) is 7.87. The third-order valence-corrected chi connectivity index (χ3v) is 3.42. The number of nitrogens with two attached hydrogens (primary N) is 1. The average molecular weight is 277 g/mol. The predicted octanol–water partition coefficient (Wildman–Crippen LogP) is 0.878. The van der Waals surface area contributed by atoms with Crippen LogP contribution < -0.4 is 16.0 Å². The number of hydrogen-bond donors (Lipinski definition) is 2. The summed E-state index contributed by atoms with van der Waals surface area (Å²) < 4.78 is 5.12. The molecule has 110 valence electrons. The predicted molar refractivity (Wildman–Crippen MR) is 79.6 cm³/mol. The maximum Gasteiger partial charge on any atom is 0.243 e. The van der Waals surface area contributed by atoms with E-state index in [9.17, 15) is 4.79 Å². The summed E-state index contributed by atoms with van der Waals surface area (Å²) >= 11 is 0. The number of amides is 1. The van der Waals surface area contributed by atoms with Crippen LogP contribution in [0.1, 0.15) is 18.4 Å². The summed E-state index contributed by atoms with van der Waals surface area (Å²) in [6.07, 6.45) is 2.56. The van der Waals surface area contributed by atoms with Gasteiger partial charge in [0.1, 0.15) is 6.61 Å². The van der Waals surface area contributed by atoms with E-state index >= 15 is 0 Å². The molecule has 5 heteroatoms. The number of carbonyl (C=O) groups is 1. The third kappa shape index (κ3) is 4.51. The van der Waals surface area contributed by atoms with Gasteiger partial charge < -0.3 is 20.7 Å². The van der Waals surface area contributed by atoms with Crippen molar-refractivity contribution >= 4 is 11.6 Å². The summed E-state index contributed by atoms with van der Waals surface area (Å²) in [6, 6.07) is 8.50. The zero-order valence-corrected chi connectivity index (χ0v) is 11.8. The minimum atomic E-state index is -0.427. The molecule has 0 aromatic heterocycles. The lowest BCUT2D eigenvalue weighted by Gasteiger charge is -2.21. The van der Waals surface area contributed by atoms with E-state index in [-0.39, 0.29) is 6.61 Å². The van der Waals surface area contributed by atoms with Crippen molar-refractivity contribution in [2.75, 3.05) is 37.7 Å². The van der Waals surface area contributed by atoms with Crippen molar-refractivity contribution in [2.24, 2.45) is 5.73 Å². The van der Waals surface area contributed by atoms with Gasteiger partial charge in [-0.1, -0.05) is 18.2 Å². The molecule has 1 saturated heterocycles. The van der Waals surface area contributed by atoms with Crippen LogP contribution in [-0.4, -0.2) is 38.8 Å². The summed E-state index contributed by atoms with van der Waals surface area (Å²) in [5, 5.41) is 3.34. The second-order valence-electron chi connectivity index (χ2n) is 5.02. The van der Waals surface area contributed by atoms with Gasteiger partial charge in [-0.2, -0.15) is 0 Å². The Kier molecular flexibility index (Phi) is 5.83. The molecule has 0 aliphatic carbocycles. The normalized spacial score (nSPS) is 14.7. The Labute approximate surface area is 120 Å². The zero-order chi connectivity index (χ0) is 14.2. The van der Waals surface area contributed by atoms with Crippen molar-refractivity contribution in [2.45, 2.75) is 19.4 Å². The van der Waals surface area contributed by atoms with Crippen LogP contribution in [-0.2, 0) is 16.1 Å². The Morgan fingerprint density at radius 2 is 2.05 bits per heavy atom. The molecule has 0 bridgehead atoms. The van der Waals surface area contributed by atoms with Gasteiger partial charge in [-0.15, -0.1) is 0 Å². The van der Waals surface area contributed by atoms with Gasteiger partial charge in [-0.3, -0.25) is 4.79 Å². The molecule has 0 spiro atoms. The van der Waals surface area contributed by atoms with E-state index in [1.54, 1.807) is 0 Å². The average Bonchev–Trinajstić information content (AvgIpc) is 2.97. The number of ether oxygens (including phenoxy) is 1. The Hall–Kier alpha value is -1.59. The maximum atomic E-state index is 10.5. The smallest absolute Gasteiger partial charge is 0.243 e. The highest BCUT2D eigenvalue weighted by atomic mass is 16.5. The number of nitrogens with one attached hydrogen (secondary N) is 1. The summed E-state index contributed by atoms with van der Waals surface area (Å²) in [6.45, 7) is 4.31. The molecular formula is C15H23N3O2. The van der Waals surface area contributed by atoms with Gasteiger partial charge >= 0.3 is 0 Å². The Morgan fingerprint density at radius 1 is 1.30 bits per heavy atom. The van der Waals surface area contributed by atoms with Gasteiger partial charge in [0.05, 0.1) is 6.61 Å². The molecule has 1 aromatic carbocycles. The number of anilines is 1. The molecule has 1 aromatic rings. The van der Waals surface area contributed by atoms with Crippen molar-refractivity contribution in [3.05, 3.63) is 29.8 Å². The van der Waals surface area contributed by atoms with Gasteiger partial charge in [0.2, 0.25) is 5.91 Å². The maximum absolute atomic E-state index is 10.5. The molecule has 1 heterocycles. The minimum absolute atomic E-state index is 0.00789. The van der Waals surface area contributed by atoms with Crippen LogP contribution in [0.2, 0.25) is 0 Å². The van der Waals surface area contributed by atoms with Crippen molar-refractivity contribution in [3.8, 4) is 0 Å². The fraction of sp³-hybridized carbons (Fsp3) is 0.533. The molecule has 20 heavy (non-hydrogen) atoms. The van der Waals surface area contributed by atoms with Crippen LogP contribution in [0.3, 0.4) is 0 Å². The number of hydrogen-bond acceptors (Lipinski definition) is 4. The van der Waals surface area contributed by atoms with Crippen molar-refractivity contribution < 1.29 is 9.53 Å². The van der Waals surface area contributed by atoms with E-state index in [4.69, 9.17) is 10.5 Å². The number of para-hydroxylation sites is 1. The Bertz CT molecular complexity index is 431. The van der Waals surface area contributed by atoms with Gasteiger partial charge in [0.15, 0.2) is 0 Å². The van der Waals surface area contributed by atoms with E-state index in [2.05, 4.69) is 34.5 Å². The van der Waals surface area contributed by atoms with Gasteiger partial charge in [0, 0.05) is 31.9 Å². The van der Waals surface area contributed by atoms with E-state index in [1.807, 2.05) is 0 Å². The highest BCUT2D eigenvalue weighted by Gasteiger charge is 2.14. The topological polar surface area (TPSA) is 67.6 Å².